The van der Waals surface area contributed by atoms with Gasteiger partial charge in [0.2, 0.25) is 6.41 Å². The lowest BCUT2D eigenvalue weighted by Crippen LogP contribution is -2.48. The minimum atomic E-state index is -0.724. The Kier molecular flexibility index (Phi) is 15.2. The summed E-state index contributed by atoms with van der Waals surface area (Å²) in [6, 6.07) is -0.724. The normalized spacial score (nSPS) is 18.4. The summed E-state index contributed by atoms with van der Waals surface area (Å²) in [5.41, 5.74) is 2.17. The number of nitrogens with zero attached hydrogens (tertiary/aromatic N) is 3. The average Bonchev–Trinajstić information content (AvgIpc) is 3.37. The molecule has 0 spiro atoms. The third kappa shape index (κ3) is 12.9. The van der Waals surface area contributed by atoms with Crippen LogP contribution in [0.5, 0.6) is 0 Å². The Labute approximate surface area is 246 Å². The van der Waals surface area contributed by atoms with E-state index in [1.54, 1.807) is 0 Å². The van der Waals surface area contributed by atoms with E-state index in [4.69, 9.17) is 15.9 Å². The van der Waals surface area contributed by atoms with Crippen molar-refractivity contribution in [2.24, 2.45) is 17.8 Å². The highest BCUT2D eigenvalue weighted by atomic mass is 16.6. The fraction of sp³-hybridized carbons (Fsp3) is 0.719. The summed E-state index contributed by atoms with van der Waals surface area (Å²) in [6.45, 7) is 11.3. The minimum Gasteiger partial charge on any atom is -0.461 e. The smallest absolute Gasteiger partial charge is 0.328 e. The number of esters is 2. The molecule has 1 saturated heterocycles. The first kappa shape index (κ1) is 34.1. The summed E-state index contributed by atoms with van der Waals surface area (Å²) in [5, 5.41) is 11.2. The van der Waals surface area contributed by atoms with Crippen LogP contribution in [0.15, 0.2) is 17.8 Å². The van der Waals surface area contributed by atoms with E-state index < -0.39 is 18.1 Å². The molecular weight excluding hydrogens is 520 g/mol. The zero-order valence-electron chi connectivity index (χ0n) is 25.6. The van der Waals surface area contributed by atoms with Crippen molar-refractivity contribution in [2.75, 3.05) is 0 Å². The van der Waals surface area contributed by atoms with E-state index >= 15 is 0 Å². The number of carbonyl (C=O) groups excluding carboxylic acids is 3. The number of unbranched alkanes of at least 4 members (excludes halogenated alkanes) is 2. The number of hydrogen-bond donors (Lipinski definition) is 1. The van der Waals surface area contributed by atoms with Gasteiger partial charge in [0.05, 0.1) is 11.6 Å². The van der Waals surface area contributed by atoms with Crippen LogP contribution in [-0.4, -0.2) is 51.6 Å². The number of aryl methyl sites for hydroxylation is 2. The quantitative estimate of drug-likeness (QED) is 0.0712. The van der Waals surface area contributed by atoms with E-state index in [-0.39, 0.29) is 23.9 Å². The number of aromatic nitrogens is 3. The molecule has 41 heavy (non-hydrogen) atoms. The number of cyclic esters (lactones) is 1. The lowest BCUT2D eigenvalue weighted by molar-refractivity contribution is -0.190. The molecule has 228 valence electrons. The average molecular weight is 571 g/mol. The van der Waals surface area contributed by atoms with Gasteiger partial charge in [-0.2, -0.15) is 0 Å². The molecule has 1 aromatic rings. The SMILES string of the molecule is C#CCCCC[C@@H]1C(=O)O[C@H]1C[C@H](CCc1cn(CC[C@@H](C)CCC=C(C)C)nn1)OC(=O)[C@H](CC(C)C)NC=O. The van der Waals surface area contributed by atoms with Gasteiger partial charge in [0.1, 0.15) is 18.2 Å². The van der Waals surface area contributed by atoms with Crippen LogP contribution in [-0.2, 0) is 36.8 Å². The third-order valence-electron chi connectivity index (χ3n) is 7.52. The van der Waals surface area contributed by atoms with Gasteiger partial charge in [-0.05, 0) is 77.0 Å². The van der Waals surface area contributed by atoms with Crippen LogP contribution in [0.2, 0.25) is 0 Å². The van der Waals surface area contributed by atoms with Gasteiger partial charge in [0.15, 0.2) is 0 Å². The van der Waals surface area contributed by atoms with Gasteiger partial charge >= 0.3 is 11.9 Å². The number of carbonyl (C=O) groups is 3. The second-order valence-corrected chi connectivity index (χ2v) is 12.1. The molecular formula is C32H50N4O5. The van der Waals surface area contributed by atoms with Gasteiger partial charge in [-0.3, -0.25) is 14.3 Å². The van der Waals surface area contributed by atoms with Crippen LogP contribution < -0.4 is 5.32 Å². The topological polar surface area (TPSA) is 112 Å². The maximum atomic E-state index is 13.0. The molecule has 0 unspecified atom stereocenters. The monoisotopic (exact) mass is 570 g/mol. The van der Waals surface area contributed by atoms with E-state index in [0.29, 0.717) is 50.9 Å². The van der Waals surface area contributed by atoms with Crippen LogP contribution in [0, 0.1) is 30.1 Å². The Hall–Kier alpha value is -3.15. The zero-order valence-corrected chi connectivity index (χ0v) is 25.6. The number of terminal acetylenes is 1. The molecule has 1 aromatic heterocycles. The number of amides is 1. The Balaban J connectivity index is 1.99. The zero-order chi connectivity index (χ0) is 30.2. The Morgan fingerprint density at radius 3 is 2.68 bits per heavy atom. The first-order valence-corrected chi connectivity index (χ1v) is 15.2. The first-order valence-electron chi connectivity index (χ1n) is 15.2. The van der Waals surface area contributed by atoms with Gasteiger partial charge in [-0.25, -0.2) is 4.79 Å². The minimum absolute atomic E-state index is 0.198. The van der Waals surface area contributed by atoms with Gasteiger partial charge < -0.3 is 14.8 Å². The van der Waals surface area contributed by atoms with E-state index in [1.165, 1.54) is 5.57 Å². The molecule has 9 nitrogen and oxygen atoms in total. The molecule has 1 aliphatic rings. The second-order valence-electron chi connectivity index (χ2n) is 12.1. The van der Waals surface area contributed by atoms with E-state index in [0.717, 1.165) is 44.3 Å². The van der Waals surface area contributed by atoms with Crippen molar-refractivity contribution in [1.82, 2.24) is 20.3 Å². The van der Waals surface area contributed by atoms with Crippen LogP contribution in [0.3, 0.4) is 0 Å². The number of allylic oxidation sites excluding steroid dienone is 2. The largest absolute Gasteiger partial charge is 0.461 e. The first-order chi connectivity index (χ1) is 19.6. The Morgan fingerprint density at radius 1 is 1.24 bits per heavy atom. The van der Waals surface area contributed by atoms with E-state index in [2.05, 4.69) is 48.4 Å². The maximum Gasteiger partial charge on any atom is 0.328 e. The fourth-order valence-corrected chi connectivity index (χ4v) is 5.05. The lowest BCUT2D eigenvalue weighted by atomic mass is 9.86. The standard InChI is InChI=1S/C32H50N4O5/c1-7-8-9-10-14-28-30(41-31(28)38)20-27(40-32(39)29(33-22-37)19-24(4)5)16-15-26-21-36(35-34-26)18-17-25(6)13-11-12-23(2)3/h1,12,21-22,24-25,27-30H,8-11,13-20H2,2-6H3,(H,33,37)/t25-,27-,28-,29-,30-/m0/s1. The fourth-order valence-electron chi connectivity index (χ4n) is 5.05. The molecule has 2 rings (SSSR count). The van der Waals surface area contributed by atoms with Crippen molar-refractivity contribution in [1.29, 1.82) is 0 Å². The highest BCUT2D eigenvalue weighted by molar-refractivity contribution is 5.79. The molecule has 0 aliphatic carbocycles. The van der Waals surface area contributed by atoms with Crippen molar-refractivity contribution < 1.29 is 23.9 Å². The number of ether oxygens (including phenoxy) is 2. The summed E-state index contributed by atoms with van der Waals surface area (Å²) in [4.78, 5) is 36.3. The molecule has 9 heteroatoms. The molecule has 1 fully saturated rings. The number of hydrogen-bond acceptors (Lipinski definition) is 7. The summed E-state index contributed by atoms with van der Waals surface area (Å²) in [7, 11) is 0. The lowest BCUT2D eigenvalue weighted by Gasteiger charge is -2.37. The molecule has 5 atom stereocenters. The van der Waals surface area contributed by atoms with Gasteiger partial charge in [-0.15, -0.1) is 17.4 Å². The van der Waals surface area contributed by atoms with Crippen molar-refractivity contribution in [2.45, 2.75) is 130 Å². The van der Waals surface area contributed by atoms with Gasteiger partial charge in [-0.1, -0.05) is 44.1 Å². The van der Waals surface area contributed by atoms with Crippen LogP contribution in [0.25, 0.3) is 0 Å². The predicted molar refractivity (Wildman–Crippen MR) is 158 cm³/mol. The van der Waals surface area contributed by atoms with Gasteiger partial charge in [0, 0.05) is 25.6 Å². The van der Waals surface area contributed by atoms with Crippen molar-refractivity contribution in [3.63, 3.8) is 0 Å². The summed E-state index contributed by atoms with van der Waals surface area (Å²) < 4.78 is 13.3. The highest BCUT2D eigenvalue weighted by Gasteiger charge is 2.43. The molecule has 2 heterocycles. The Morgan fingerprint density at radius 2 is 2.02 bits per heavy atom. The predicted octanol–water partition coefficient (Wildman–Crippen LogP) is 5.18. The summed E-state index contributed by atoms with van der Waals surface area (Å²) in [6.07, 6.45) is 17.6. The molecule has 1 N–H and O–H groups in total. The van der Waals surface area contributed by atoms with Crippen molar-refractivity contribution >= 4 is 18.3 Å². The molecule has 0 radical (unpaired) electrons. The number of nitrogens with one attached hydrogen (secondary N) is 1. The molecule has 0 aromatic carbocycles. The molecule has 1 aliphatic heterocycles. The van der Waals surface area contributed by atoms with Crippen LogP contribution >= 0.6 is 0 Å². The second kappa shape index (κ2) is 18.3. The van der Waals surface area contributed by atoms with Gasteiger partial charge in [0.25, 0.3) is 0 Å². The number of rotatable bonds is 21. The van der Waals surface area contributed by atoms with Crippen molar-refractivity contribution in [3.05, 3.63) is 23.5 Å². The third-order valence-corrected chi connectivity index (χ3v) is 7.52. The van der Waals surface area contributed by atoms with E-state index in [9.17, 15) is 14.4 Å². The molecule has 1 amide bonds. The van der Waals surface area contributed by atoms with Crippen LogP contribution in [0.4, 0.5) is 0 Å². The van der Waals surface area contributed by atoms with Crippen molar-refractivity contribution in [3.8, 4) is 12.3 Å². The highest BCUT2D eigenvalue weighted by Crippen LogP contribution is 2.32. The molecule has 0 bridgehead atoms. The van der Waals surface area contributed by atoms with E-state index in [1.807, 2.05) is 24.7 Å². The molecule has 0 saturated carbocycles. The Bertz CT molecular complexity index is 1020. The summed E-state index contributed by atoms with van der Waals surface area (Å²) in [5.74, 6) is 2.52. The maximum absolute atomic E-state index is 13.0. The van der Waals surface area contributed by atoms with Crippen LogP contribution in [0.1, 0.15) is 105 Å². The summed E-state index contributed by atoms with van der Waals surface area (Å²) >= 11 is 0.